The van der Waals surface area contributed by atoms with Crippen molar-refractivity contribution in [3.63, 3.8) is 0 Å². The second kappa shape index (κ2) is 12.9. The third-order valence-corrected chi connectivity index (χ3v) is 6.31. The molecule has 0 spiro atoms. The van der Waals surface area contributed by atoms with Gasteiger partial charge in [0.15, 0.2) is 11.5 Å². The minimum Gasteiger partial charge on any atom is -0.494 e. The van der Waals surface area contributed by atoms with Crippen LogP contribution in [0.25, 0.3) is 11.0 Å². The molecule has 1 amide bonds. The van der Waals surface area contributed by atoms with E-state index in [1.807, 2.05) is 36.4 Å². The molecule has 4 aromatic rings. The van der Waals surface area contributed by atoms with E-state index in [0.29, 0.717) is 36.0 Å². The lowest BCUT2D eigenvalue weighted by molar-refractivity contribution is 0.0952. The summed E-state index contributed by atoms with van der Waals surface area (Å²) >= 11 is 0. The van der Waals surface area contributed by atoms with Crippen molar-refractivity contribution in [3.05, 3.63) is 77.6 Å². The summed E-state index contributed by atoms with van der Waals surface area (Å²) in [5.41, 5.74) is 3.71. The number of hydrogen-bond acceptors (Lipinski definition) is 6. The number of nitrogens with zero attached hydrogens (tertiary/aromatic N) is 2. The van der Waals surface area contributed by atoms with Crippen LogP contribution in [0, 0.1) is 6.92 Å². The molecule has 0 saturated carbocycles. The molecule has 0 bridgehead atoms. The fourth-order valence-corrected chi connectivity index (χ4v) is 4.45. The predicted molar refractivity (Wildman–Crippen MR) is 148 cm³/mol. The molecule has 3 aromatic carbocycles. The van der Waals surface area contributed by atoms with Crippen LogP contribution in [-0.2, 0) is 13.0 Å². The standard InChI is InChI=1S/C30H35N3O5/c1-21-10-7-11-23(18-21)38-17-9-16-33-25-13-6-5-12-24(25)32-28(33)14-8-15-31-30(34)22-19-26(35-2)29(37-4)27(20-22)36-3/h5-7,10-13,18-20H,8-9,14-17H2,1-4H3,(H,31,34). The molecule has 200 valence electrons. The average molecular weight is 518 g/mol. The van der Waals surface area contributed by atoms with E-state index in [9.17, 15) is 4.79 Å². The zero-order valence-corrected chi connectivity index (χ0v) is 22.5. The Morgan fingerprint density at radius 2 is 1.68 bits per heavy atom. The van der Waals surface area contributed by atoms with Gasteiger partial charge in [-0.05, 0) is 61.7 Å². The molecule has 0 aliphatic heterocycles. The van der Waals surface area contributed by atoms with Gasteiger partial charge in [-0.2, -0.15) is 0 Å². The number of fused-ring (bicyclic) bond motifs is 1. The Morgan fingerprint density at radius 3 is 2.39 bits per heavy atom. The Balaban J connectivity index is 1.35. The van der Waals surface area contributed by atoms with Gasteiger partial charge in [0.25, 0.3) is 5.91 Å². The van der Waals surface area contributed by atoms with E-state index in [1.54, 1.807) is 12.1 Å². The fourth-order valence-electron chi connectivity index (χ4n) is 4.45. The summed E-state index contributed by atoms with van der Waals surface area (Å²) in [5, 5.41) is 2.99. The number of aromatic nitrogens is 2. The molecular weight excluding hydrogens is 482 g/mol. The normalized spacial score (nSPS) is 10.8. The highest BCUT2D eigenvalue weighted by molar-refractivity contribution is 5.95. The number of nitrogens with one attached hydrogen (secondary N) is 1. The summed E-state index contributed by atoms with van der Waals surface area (Å²) in [6, 6.07) is 19.6. The number of aryl methyl sites for hydroxylation is 3. The number of para-hydroxylation sites is 2. The molecule has 38 heavy (non-hydrogen) atoms. The van der Waals surface area contributed by atoms with Crippen molar-refractivity contribution >= 4 is 16.9 Å². The highest BCUT2D eigenvalue weighted by Gasteiger charge is 2.17. The van der Waals surface area contributed by atoms with Gasteiger partial charge in [0.05, 0.1) is 39.0 Å². The Bertz CT molecular complexity index is 1360. The van der Waals surface area contributed by atoms with Crippen molar-refractivity contribution in [2.45, 2.75) is 32.7 Å². The van der Waals surface area contributed by atoms with Gasteiger partial charge in [-0.15, -0.1) is 0 Å². The Morgan fingerprint density at radius 1 is 0.921 bits per heavy atom. The monoisotopic (exact) mass is 517 g/mol. The second-order valence-electron chi connectivity index (χ2n) is 8.96. The third-order valence-electron chi connectivity index (χ3n) is 6.31. The van der Waals surface area contributed by atoms with Crippen LogP contribution < -0.4 is 24.3 Å². The van der Waals surface area contributed by atoms with E-state index in [-0.39, 0.29) is 5.91 Å². The van der Waals surface area contributed by atoms with Crippen LogP contribution in [-0.4, -0.2) is 49.9 Å². The smallest absolute Gasteiger partial charge is 0.251 e. The molecular formula is C30H35N3O5. The summed E-state index contributed by atoms with van der Waals surface area (Å²) in [5.74, 6) is 3.03. The number of carbonyl (C=O) groups excluding carboxylic acids is 1. The third kappa shape index (κ3) is 6.37. The SMILES string of the molecule is COc1cc(C(=O)NCCCc2nc3ccccc3n2CCCOc2cccc(C)c2)cc(OC)c1OC. The number of methoxy groups -OCH3 is 3. The summed E-state index contributed by atoms with van der Waals surface area (Å²) < 4.78 is 24.3. The number of amides is 1. The number of ether oxygens (including phenoxy) is 4. The molecule has 0 fully saturated rings. The minimum absolute atomic E-state index is 0.203. The van der Waals surface area contributed by atoms with Crippen LogP contribution in [0.5, 0.6) is 23.0 Å². The van der Waals surface area contributed by atoms with Gasteiger partial charge in [-0.3, -0.25) is 4.79 Å². The van der Waals surface area contributed by atoms with Crippen molar-refractivity contribution in [2.75, 3.05) is 34.5 Å². The highest BCUT2D eigenvalue weighted by Crippen LogP contribution is 2.38. The molecule has 0 atom stereocenters. The van der Waals surface area contributed by atoms with Crippen molar-refractivity contribution in [3.8, 4) is 23.0 Å². The van der Waals surface area contributed by atoms with E-state index in [0.717, 1.165) is 48.4 Å². The summed E-state index contributed by atoms with van der Waals surface area (Å²) in [4.78, 5) is 17.7. The molecule has 0 radical (unpaired) electrons. The lowest BCUT2D eigenvalue weighted by Crippen LogP contribution is -2.25. The van der Waals surface area contributed by atoms with Gasteiger partial charge in [-0.25, -0.2) is 4.98 Å². The van der Waals surface area contributed by atoms with Crippen LogP contribution in [0.2, 0.25) is 0 Å². The topological polar surface area (TPSA) is 83.8 Å². The van der Waals surface area contributed by atoms with E-state index in [2.05, 4.69) is 28.9 Å². The molecule has 0 aliphatic rings. The van der Waals surface area contributed by atoms with Crippen LogP contribution in [0.4, 0.5) is 0 Å². The van der Waals surface area contributed by atoms with Crippen molar-refractivity contribution < 1.29 is 23.7 Å². The van der Waals surface area contributed by atoms with E-state index < -0.39 is 0 Å². The number of benzene rings is 3. The van der Waals surface area contributed by atoms with Crippen LogP contribution in [0.3, 0.4) is 0 Å². The van der Waals surface area contributed by atoms with Crippen molar-refractivity contribution in [2.24, 2.45) is 0 Å². The molecule has 0 unspecified atom stereocenters. The quantitative estimate of drug-likeness (QED) is 0.245. The van der Waals surface area contributed by atoms with Gasteiger partial charge in [0.1, 0.15) is 11.6 Å². The molecule has 0 aliphatic carbocycles. The fraction of sp³-hybridized carbons (Fsp3) is 0.333. The Kier molecular flexibility index (Phi) is 9.08. The van der Waals surface area contributed by atoms with Gasteiger partial charge in [0, 0.05) is 25.1 Å². The highest BCUT2D eigenvalue weighted by atomic mass is 16.5. The zero-order valence-electron chi connectivity index (χ0n) is 22.5. The predicted octanol–water partition coefficient (Wildman–Crippen LogP) is 5.20. The maximum Gasteiger partial charge on any atom is 0.251 e. The van der Waals surface area contributed by atoms with Gasteiger partial charge in [-0.1, -0.05) is 24.3 Å². The molecule has 1 heterocycles. The minimum atomic E-state index is -0.203. The first kappa shape index (κ1) is 26.9. The van der Waals surface area contributed by atoms with Gasteiger partial charge >= 0.3 is 0 Å². The largest absolute Gasteiger partial charge is 0.494 e. The van der Waals surface area contributed by atoms with Gasteiger partial charge in [0.2, 0.25) is 5.75 Å². The second-order valence-corrected chi connectivity index (χ2v) is 8.96. The van der Waals surface area contributed by atoms with E-state index in [1.165, 1.54) is 26.9 Å². The number of rotatable bonds is 13. The summed E-state index contributed by atoms with van der Waals surface area (Å²) in [6.07, 6.45) is 2.35. The van der Waals surface area contributed by atoms with Crippen molar-refractivity contribution in [1.29, 1.82) is 0 Å². The maximum atomic E-state index is 12.8. The molecule has 1 N–H and O–H groups in total. The molecule has 1 aromatic heterocycles. The zero-order chi connectivity index (χ0) is 26.9. The number of hydrogen-bond donors (Lipinski definition) is 1. The molecule has 0 saturated heterocycles. The lowest BCUT2D eigenvalue weighted by atomic mass is 10.1. The van der Waals surface area contributed by atoms with Gasteiger partial charge < -0.3 is 28.8 Å². The van der Waals surface area contributed by atoms with Crippen LogP contribution >= 0.6 is 0 Å². The van der Waals surface area contributed by atoms with Crippen molar-refractivity contribution in [1.82, 2.24) is 14.9 Å². The first-order valence-corrected chi connectivity index (χ1v) is 12.8. The van der Waals surface area contributed by atoms with E-state index in [4.69, 9.17) is 23.9 Å². The first-order chi connectivity index (χ1) is 18.5. The summed E-state index contributed by atoms with van der Waals surface area (Å²) in [6.45, 7) is 4.00. The first-order valence-electron chi connectivity index (χ1n) is 12.8. The Labute approximate surface area is 223 Å². The molecule has 8 nitrogen and oxygen atoms in total. The average Bonchev–Trinajstić information content (AvgIpc) is 3.29. The van der Waals surface area contributed by atoms with E-state index >= 15 is 0 Å². The maximum absolute atomic E-state index is 12.8. The molecule has 4 rings (SSSR count). The summed E-state index contributed by atoms with van der Waals surface area (Å²) in [7, 11) is 4.59. The Hall–Kier alpha value is -4.20. The number of carbonyl (C=O) groups is 1. The molecule has 8 heteroatoms. The number of imidazole rings is 1. The lowest BCUT2D eigenvalue weighted by Gasteiger charge is -2.14. The van der Waals surface area contributed by atoms with Crippen LogP contribution in [0.15, 0.2) is 60.7 Å². The van der Waals surface area contributed by atoms with Crippen LogP contribution in [0.1, 0.15) is 34.6 Å².